The van der Waals surface area contributed by atoms with E-state index >= 15 is 0 Å². The Hall–Kier alpha value is -3.28. The van der Waals surface area contributed by atoms with Crippen LogP contribution in [0.5, 0.6) is 0 Å². The smallest absolute Gasteiger partial charge is 0.254 e. The number of aromatic nitrogens is 2. The zero-order chi connectivity index (χ0) is 19.4. The first-order valence-corrected chi connectivity index (χ1v) is 8.69. The van der Waals surface area contributed by atoms with E-state index in [0.29, 0.717) is 22.8 Å². The predicted molar refractivity (Wildman–Crippen MR) is 103 cm³/mol. The lowest BCUT2D eigenvalue weighted by Crippen LogP contribution is -2.29. The Kier molecular flexibility index (Phi) is 5.45. The van der Waals surface area contributed by atoms with Crippen molar-refractivity contribution >= 4 is 11.6 Å². The molecule has 138 valence electrons. The van der Waals surface area contributed by atoms with Gasteiger partial charge in [0.15, 0.2) is 0 Å². The van der Waals surface area contributed by atoms with Crippen LogP contribution in [0, 0.1) is 12.7 Å². The van der Waals surface area contributed by atoms with Gasteiger partial charge in [-0.25, -0.2) is 9.37 Å². The first-order chi connectivity index (χ1) is 13.0. The molecule has 0 aliphatic heterocycles. The lowest BCUT2D eigenvalue weighted by Gasteiger charge is -2.13. The molecule has 0 atom stereocenters. The average molecular weight is 365 g/mol. The van der Waals surface area contributed by atoms with Gasteiger partial charge in [-0.2, -0.15) is 0 Å². The third-order valence-corrected chi connectivity index (χ3v) is 4.16. The second-order valence-corrected chi connectivity index (χ2v) is 6.25. The topological polar surface area (TPSA) is 64.0 Å². The summed E-state index contributed by atoms with van der Waals surface area (Å²) in [5.41, 5.74) is 2.55. The highest BCUT2D eigenvalue weighted by molar-refractivity contribution is 5.90. The Labute approximate surface area is 156 Å². The van der Waals surface area contributed by atoms with E-state index in [1.807, 2.05) is 25.1 Å². The van der Waals surface area contributed by atoms with Gasteiger partial charge in [0.25, 0.3) is 5.56 Å². The number of hydrogen-bond acceptors (Lipinski definition) is 3. The van der Waals surface area contributed by atoms with Crippen LogP contribution < -0.4 is 10.9 Å². The molecule has 0 radical (unpaired) electrons. The number of nitrogens with one attached hydrogen (secondary N) is 1. The highest BCUT2D eigenvalue weighted by Gasteiger charge is 2.13. The van der Waals surface area contributed by atoms with Gasteiger partial charge in [0.1, 0.15) is 18.2 Å². The molecule has 0 saturated carbocycles. The highest BCUT2D eigenvalue weighted by Crippen LogP contribution is 2.17. The molecule has 1 aromatic heterocycles. The minimum absolute atomic E-state index is 0.185. The highest BCUT2D eigenvalue weighted by atomic mass is 19.1. The van der Waals surface area contributed by atoms with Gasteiger partial charge in [0.2, 0.25) is 5.91 Å². The molecule has 5 nitrogen and oxygen atoms in total. The maximum absolute atomic E-state index is 13.2. The normalized spacial score (nSPS) is 10.6. The Morgan fingerprint density at radius 2 is 1.89 bits per heavy atom. The standard InChI is InChI=1S/C21H20FN3O2/c1-3-15-5-4-6-18(12-15)24-19(26)13-25-20(27)11-14(2)23-21(25)16-7-9-17(22)10-8-16/h4-12H,3,13H2,1-2H3,(H,24,26). The maximum Gasteiger partial charge on any atom is 0.254 e. The van der Waals surface area contributed by atoms with Crippen molar-refractivity contribution in [3.63, 3.8) is 0 Å². The van der Waals surface area contributed by atoms with Gasteiger partial charge < -0.3 is 5.32 Å². The van der Waals surface area contributed by atoms with E-state index in [1.54, 1.807) is 13.0 Å². The molecule has 27 heavy (non-hydrogen) atoms. The van der Waals surface area contributed by atoms with Crippen molar-refractivity contribution in [1.29, 1.82) is 0 Å². The molecule has 1 N–H and O–H groups in total. The Balaban J connectivity index is 1.90. The minimum Gasteiger partial charge on any atom is -0.325 e. The number of anilines is 1. The largest absolute Gasteiger partial charge is 0.325 e. The van der Waals surface area contributed by atoms with Crippen LogP contribution >= 0.6 is 0 Å². The quantitative estimate of drug-likeness (QED) is 0.752. The fourth-order valence-corrected chi connectivity index (χ4v) is 2.81. The van der Waals surface area contributed by atoms with Crippen molar-refractivity contribution < 1.29 is 9.18 Å². The molecule has 0 saturated heterocycles. The Bertz CT molecular complexity index is 1030. The number of carbonyl (C=O) groups is 1. The summed E-state index contributed by atoms with van der Waals surface area (Å²) in [5, 5.41) is 2.81. The summed E-state index contributed by atoms with van der Waals surface area (Å²) in [6.45, 7) is 3.55. The van der Waals surface area contributed by atoms with E-state index < -0.39 is 0 Å². The number of aryl methyl sites for hydroxylation is 2. The number of halogens is 1. The van der Waals surface area contributed by atoms with Crippen molar-refractivity contribution in [2.24, 2.45) is 0 Å². The summed E-state index contributed by atoms with van der Waals surface area (Å²) >= 11 is 0. The molecule has 3 rings (SSSR count). The monoisotopic (exact) mass is 365 g/mol. The van der Waals surface area contributed by atoms with Crippen molar-refractivity contribution in [3.05, 3.63) is 82.0 Å². The summed E-state index contributed by atoms with van der Waals surface area (Å²) < 4.78 is 14.5. The predicted octanol–water partition coefficient (Wildman–Crippen LogP) is 3.56. The van der Waals surface area contributed by atoms with Crippen LogP contribution in [-0.2, 0) is 17.8 Å². The minimum atomic E-state index is -0.381. The average Bonchev–Trinajstić information content (AvgIpc) is 2.64. The second-order valence-electron chi connectivity index (χ2n) is 6.25. The van der Waals surface area contributed by atoms with E-state index in [1.165, 1.54) is 34.9 Å². The molecular formula is C21H20FN3O2. The van der Waals surface area contributed by atoms with Crippen LogP contribution in [0.1, 0.15) is 18.2 Å². The third kappa shape index (κ3) is 4.47. The number of nitrogens with zero attached hydrogens (tertiary/aromatic N) is 2. The SMILES string of the molecule is CCc1cccc(NC(=O)Cn2c(-c3ccc(F)cc3)nc(C)cc2=O)c1. The summed E-state index contributed by atoms with van der Waals surface area (Å²) in [6.07, 6.45) is 0.861. The Morgan fingerprint density at radius 3 is 2.59 bits per heavy atom. The van der Waals surface area contributed by atoms with E-state index in [4.69, 9.17) is 0 Å². The summed E-state index contributed by atoms with van der Waals surface area (Å²) in [6, 6.07) is 14.6. The van der Waals surface area contributed by atoms with Crippen LogP contribution in [0.4, 0.5) is 10.1 Å². The number of hydrogen-bond donors (Lipinski definition) is 1. The molecule has 0 aliphatic rings. The maximum atomic E-state index is 13.2. The lowest BCUT2D eigenvalue weighted by molar-refractivity contribution is -0.116. The second kappa shape index (κ2) is 7.95. The van der Waals surface area contributed by atoms with E-state index in [-0.39, 0.29) is 23.8 Å². The Morgan fingerprint density at radius 1 is 1.15 bits per heavy atom. The van der Waals surface area contributed by atoms with Crippen LogP contribution in [0.15, 0.2) is 59.4 Å². The molecule has 1 amide bonds. The third-order valence-electron chi connectivity index (χ3n) is 4.16. The fourth-order valence-electron chi connectivity index (χ4n) is 2.81. The van der Waals surface area contributed by atoms with Gasteiger partial charge in [-0.15, -0.1) is 0 Å². The van der Waals surface area contributed by atoms with Crippen molar-refractivity contribution in [2.45, 2.75) is 26.8 Å². The summed E-state index contributed by atoms with van der Waals surface area (Å²) in [4.78, 5) is 29.3. The van der Waals surface area contributed by atoms with Crippen molar-refractivity contribution in [1.82, 2.24) is 9.55 Å². The van der Waals surface area contributed by atoms with Crippen molar-refractivity contribution in [3.8, 4) is 11.4 Å². The number of benzene rings is 2. The number of carbonyl (C=O) groups excluding carboxylic acids is 1. The van der Waals surface area contributed by atoms with Gasteiger partial charge >= 0.3 is 0 Å². The first-order valence-electron chi connectivity index (χ1n) is 8.69. The van der Waals surface area contributed by atoms with Crippen LogP contribution in [0.2, 0.25) is 0 Å². The summed E-state index contributed by atoms with van der Waals surface area (Å²) in [7, 11) is 0. The molecule has 0 aliphatic carbocycles. The van der Waals surface area contributed by atoms with E-state index in [2.05, 4.69) is 10.3 Å². The fraction of sp³-hybridized carbons (Fsp3) is 0.190. The van der Waals surface area contributed by atoms with Gasteiger partial charge in [-0.1, -0.05) is 19.1 Å². The number of amides is 1. The molecular weight excluding hydrogens is 345 g/mol. The van der Waals surface area contributed by atoms with E-state index in [9.17, 15) is 14.0 Å². The van der Waals surface area contributed by atoms with Crippen LogP contribution in [0.3, 0.4) is 0 Å². The lowest BCUT2D eigenvalue weighted by atomic mass is 10.1. The zero-order valence-corrected chi connectivity index (χ0v) is 15.2. The molecule has 0 bridgehead atoms. The van der Waals surface area contributed by atoms with Gasteiger partial charge in [0.05, 0.1) is 0 Å². The van der Waals surface area contributed by atoms with E-state index in [0.717, 1.165) is 12.0 Å². The van der Waals surface area contributed by atoms with Crippen LogP contribution in [0.25, 0.3) is 11.4 Å². The molecule has 1 heterocycles. The molecule has 3 aromatic rings. The molecule has 0 spiro atoms. The van der Waals surface area contributed by atoms with Gasteiger partial charge in [0, 0.05) is 23.0 Å². The van der Waals surface area contributed by atoms with Gasteiger partial charge in [-0.3, -0.25) is 14.2 Å². The molecule has 0 fully saturated rings. The molecule has 6 heteroatoms. The zero-order valence-electron chi connectivity index (χ0n) is 15.2. The molecule has 0 unspecified atom stereocenters. The van der Waals surface area contributed by atoms with Gasteiger partial charge in [-0.05, 0) is 55.3 Å². The van der Waals surface area contributed by atoms with Crippen LogP contribution in [-0.4, -0.2) is 15.5 Å². The number of rotatable bonds is 5. The first kappa shape index (κ1) is 18.5. The molecule has 2 aromatic carbocycles. The van der Waals surface area contributed by atoms with Crippen molar-refractivity contribution in [2.75, 3.05) is 5.32 Å². The summed E-state index contributed by atoms with van der Waals surface area (Å²) in [5.74, 6) is -0.384.